The summed E-state index contributed by atoms with van der Waals surface area (Å²) in [6.45, 7) is 0.816. The smallest absolute Gasteiger partial charge is 0.341 e. The van der Waals surface area contributed by atoms with Crippen LogP contribution in [-0.2, 0) is 11.3 Å². The van der Waals surface area contributed by atoms with Crippen molar-refractivity contribution < 1.29 is 14.6 Å². The normalized spacial score (nSPS) is 10.8. The number of carbonyl (C=O) groups is 1. The van der Waals surface area contributed by atoms with Crippen LogP contribution in [0.1, 0.15) is 10.4 Å². The van der Waals surface area contributed by atoms with Crippen molar-refractivity contribution in [3.05, 3.63) is 38.7 Å². The molecule has 6 nitrogen and oxygen atoms in total. The van der Waals surface area contributed by atoms with Gasteiger partial charge in [0, 0.05) is 30.5 Å². The minimum Gasteiger partial charge on any atom is -0.477 e. The van der Waals surface area contributed by atoms with E-state index in [1.54, 1.807) is 23.9 Å². The zero-order valence-electron chi connectivity index (χ0n) is 10.1. The van der Waals surface area contributed by atoms with E-state index in [2.05, 4.69) is 20.9 Å². The van der Waals surface area contributed by atoms with E-state index in [0.29, 0.717) is 23.3 Å². The monoisotopic (exact) mass is 326 g/mol. The van der Waals surface area contributed by atoms with Crippen LogP contribution >= 0.6 is 15.9 Å². The van der Waals surface area contributed by atoms with E-state index in [1.807, 2.05) is 0 Å². The molecule has 0 aromatic carbocycles. The number of methoxy groups -OCH3 is 1. The summed E-state index contributed by atoms with van der Waals surface area (Å²) in [4.78, 5) is 27.3. The summed E-state index contributed by atoms with van der Waals surface area (Å²) in [7, 11) is 1.55. The Labute approximate surface area is 116 Å². The minimum absolute atomic E-state index is 0.269. The van der Waals surface area contributed by atoms with Gasteiger partial charge in [-0.15, -0.1) is 0 Å². The zero-order chi connectivity index (χ0) is 14.0. The highest BCUT2D eigenvalue weighted by atomic mass is 79.9. The fraction of sp³-hybridized carbons (Fsp3) is 0.250. The van der Waals surface area contributed by atoms with Gasteiger partial charge in [0.15, 0.2) is 0 Å². The number of halogens is 1. The highest BCUT2D eigenvalue weighted by molar-refractivity contribution is 9.10. The summed E-state index contributed by atoms with van der Waals surface area (Å²) in [5.74, 6) is -1.25. The van der Waals surface area contributed by atoms with Crippen LogP contribution in [0.5, 0.6) is 0 Å². The van der Waals surface area contributed by atoms with Crippen molar-refractivity contribution in [2.75, 3.05) is 13.7 Å². The summed E-state index contributed by atoms with van der Waals surface area (Å²) in [5, 5.41) is 9.34. The first-order valence-electron chi connectivity index (χ1n) is 5.45. The first-order chi connectivity index (χ1) is 9.04. The molecule has 0 spiro atoms. The number of fused-ring (bicyclic) bond motifs is 1. The second-order valence-electron chi connectivity index (χ2n) is 3.89. The number of hydrogen-bond donors (Lipinski definition) is 1. The lowest BCUT2D eigenvalue weighted by molar-refractivity contribution is 0.0694. The van der Waals surface area contributed by atoms with Gasteiger partial charge in [0.1, 0.15) is 11.2 Å². The molecule has 2 heterocycles. The Morgan fingerprint density at radius 1 is 1.58 bits per heavy atom. The Morgan fingerprint density at radius 2 is 2.32 bits per heavy atom. The van der Waals surface area contributed by atoms with E-state index >= 15 is 0 Å². The number of aromatic nitrogens is 2. The second kappa shape index (κ2) is 5.50. The fourth-order valence-corrected chi connectivity index (χ4v) is 2.09. The van der Waals surface area contributed by atoms with E-state index < -0.39 is 11.4 Å². The topological polar surface area (TPSA) is 81.4 Å². The molecular weight excluding hydrogens is 316 g/mol. The summed E-state index contributed by atoms with van der Waals surface area (Å²) in [6, 6.07) is 1.57. The third kappa shape index (κ3) is 2.66. The molecule has 0 fully saturated rings. The van der Waals surface area contributed by atoms with Crippen molar-refractivity contribution in [3.63, 3.8) is 0 Å². The molecule has 2 aromatic heterocycles. The summed E-state index contributed by atoms with van der Waals surface area (Å²) < 4.78 is 7.20. The fourth-order valence-electron chi connectivity index (χ4n) is 1.76. The second-order valence-corrected chi connectivity index (χ2v) is 4.80. The van der Waals surface area contributed by atoms with Gasteiger partial charge in [-0.1, -0.05) is 0 Å². The minimum atomic E-state index is -1.25. The van der Waals surface area contributed by atoms with E-state index in [0.717, 1.165) is 0 Å². The molecule has 0 saturated heterocycles. The van der Waals surface area contributed by atoms with Crippen LogP contribution in [0.2, 0.25) is 0 Å². The molecule has 0 aliphatic rings. The number of ether oxygens (including phenoxy) is 1. The molecular formula is C12H11BrN2O4. The van der Waals surface area contributed by atoms with Crippen LogP contribution in [0.15, 0.2) is 27.7 Å². The van der Waals surface area contributed by atoms with Crippen LogP contribution in [0.4, 0.5) is 0 Å². The molecule has 0 amide bonds. The number of aromatic carboxylic acids is 1. The Balaban J connectivity index is 2.76. The van der Waals surface area contributed by atoms with Crippen molar-refractivity contribution in [2.24, 2.45) is 0 Å². The maximum atomic E-state index is 12.1. The van der Waals surface area contributed by atoms with Crippen molar-refractivity contribution in [1.29, 1.82) is 0 Å². The molecule has 2 aromatic rings. The summed E-state index contributed by atoms with van der Waals surface area (Å²) in [6.07, 6.45) is 2.86. The van der Waals surface area contributed by atoms with Crippen LogP contribution in [0.3, 0.4) is 0 Å². The Bertz CT molecular complexity index is 696. The largest absolute Gasteiger partial charge is 0.477 e. The Hall–Kier alpha value is -1.73. The lowest BCUT2D eigenvalue weighted by atomic mass is 10.2. The van der Waals surface area contributed by atoms with Crippen molar-refractivity contribution in [2.45, 2.75) is 6.54 Å². The van der Waals surface area contributed by atoms with E-state index in [-0.39, 0.29) is 10.9 Å². The highest BCUT2D eigenvalue weighted by Crippen LogP contribution is 2.15. The lowest BCUT2D eigenvalue weighted by Crippen LogP contribution is -2.20. The molecule has 100 valence electrons. The number of rotatable bonds is 4. The molecule has 0 unspecified atom stereocenters. The molecule has 19 heavy (non-hydrogen) atoms. The molecule has 0 radical (unpaired) electrons. The number of hydrogen-bond acceptors (Lipinski definition) is 4. The van der Waals surface area contributed by atoms with Gasteiger partial charge in [-0.05, 0) is 22.0 Å². The molecule has 7 heteroatoms. The molecule has 0 saturated carbocycles. The Morgan fingerprint density at radius 3 is 2.95 bits per heavy atom. The maximum Gasteiger partial charge on any atom is 0.341 e. The summed E-state index contributed by atoms with van der Waals surface area (Å²) >= 11 is 3.22. The van der Waals surface area contributed by atoms with E-state index in [1.165, 1.54) is 6.20 Å². The van der Waals surface area contributed by atoms with Crippen LogP contribution < -0.4 is 5.43 Å². The van der Waals surface area contributed by atoms with Crippen molar-refractivity contribution >= 4 is 32.9 Å². The predicted molar refractivity (Wildman–Crippen MR) is 72.5 cm³/mol. The van der Waals surface area contributed by atoms with Gasteiger partial charge in [-0.3, -0.25) is 4.79 Å². The van der Waals surface area contributed by atoms with E-state index in [4.69, 9.17) is 9.84 Å². The van der Waals surface area contributed by atoms with Crippen molar-refractivity contribution in [1.82, 2.24) is 9.55 Å². The quantitative estimate of drug-likeness (QED) is 0.920. The van der Waals surface area contributed by atoms with Gasteiger partial charge in [-0.25, -0.2) is 9.78 Å². The number of pyridine rings is 2. The molecule has 0 bridgehead atoms. The molecule has 1 N–H and O–H groups in total. The molecule has 0 aliphatic heterocycles. The van der Waals surface area contributed by atoms with Gasteiger partial charge >= 0.3 is 5.97 Å². The van der Waals surface area contributed by atoms with Crippen molar-refractivity contribution in [3.8, 4) is 0 Å². The Kier molecular flexibility index (Phi) is 3.96. The van der Waals surface area contributed by atoms with Gasteiger partial charge in [0.05, 0.1) is 12.0 Å². The molecule has 0 aliphatic carbocycles. The lowest BCUT2D eigenvalue weighted by Gasteiger charge is -2.10. The first kappa shape index (κ1) is 13.7. The van der Waals surface area contributed by atoms with Crippen LogP contribution in [-0.4, -0.2) is 34.3 Å². The van der Waals surface area contributed by atoms with Gasteiger partial charge in [-0.2, -0.15) is 0 Å². The summed E-state index contributed by atoms with van der Waals surface area (Å²) in [5.41, 5.74) is -0.372. The first-order valence-corrected chi connectivity index (χ1v) is 6.25. The SMILES string of the molecule is COCCn1cc(C(=O)O)c(=O)c2cc(Br)cnc21. The molecule has 2 rings (SSSR count). The third-order valence-corrected chi connectivity index (χ3v) is 3.08. The standard InChI is InChI=1S/C12H11BrN2O4/c1-19-3-2-15-6-9(12(17)18)10(16)8-4-7(13)5-14-11(8)15/h4-6H,2-3H2,1H3,(H,17,18). The van der Waals surface area contributed by atoms with Gasteiger partial charge in [0.2, 0.25) is 5.43 Å². The maximum absolute atomic E-state index is 12.1. The van der Waals surface area contributed by atoms with Crippen LogP contribution in [0, 0.1) is 0 Å². The van der Waals surface area contributed by atoms with Gasteiger partial charge < -0.3 is 14.4 Å². The average molecular weight is 327 g/mol. The number of carboxylic acid groups (broad SMARTS) is 1. The van der Waals surface area contributed by atoms with Crippen LogP contribution in [0.25, 0.3) is 11.0 Å². The highest BCUT2D eigenvalue weighted by Gasteiger charge is 2.15. The number of nitrogens with zero attached hydrogens (tertiary/aromatic N) is 2. The number of carboxylic acids is 1. The predicted octanol–water partition coefficient (Wildman–Crippen LogP) is 1.50. The molecule has 0 atom stereocenters. The van der Waals surface area contributed by atoms with Gasteiger partial charge in [0.25, 0.3) is 0 Å². The zero-order valence-corrected chi connectivity index (χ0v) is 11.7. The average Bonchev–Trinajstić information content (AvgIpc) is 2.38. The third-order valence-electron chi connectivity index (χ3n) is 2.65. The van der Waals surface area contributed by atoms with E-state index in [9.17, 15) is 9.59 Å².